The smallest absolute Gasteiger partial charge is 0.155 e. The molecule has 0 heterocycles. The van der Waals surface area contributed by atoms with Crippen molar-refractivity contribution < 1.29 is 4.79 Å². The van der Waals surface area contributed by atoms with Crippen molar-refractivity contribution in [1.29, 1.82) is 0 Å². The second kappa shape index (κ2) is 5.47. The molecule has 0 aromatic carbocycles. The van der Waals surface area contributed by atoms with Crippen LogP contribution in [0.4, 0.5) is 0 Å². The van der Waals surface area contributed by atoms with Crippen LogP contribution in [0.25, 0.3) is 0 Å². The Bertz CT molecular complexity index is 318. The van der Waals surface area contributed by atoms with Gasteiger partial charge in [-0.3, -0.25) is 4.79 Å². The van der Waals surface area contributed by atoms with Crippen LogP contribution in [0.2, 0.25) is 0 Å². The predicted molar refractivity (Wildman–Crippen MR) is 69.4 cm³/mol. The number of rotatable bonds is 4. The summed E-state index contributed by atoms with van der Waals surface area (Å²) in [5.74, 6) is 0.290. The Labute approximate surface area is 99.6 Å². The lowest BCUT2D eigenvalue weighted by molar-refractivity contribution is -0.114. The van der Waals surface area contributed by atoms with E-state index in [1.165, 1.54) is 11.1 Å². The summed E-state index contributed by atoms with van der Waals surface area (Å²) in [4.78, 5) is 11.7. The minimum absolute atomic E-state index is 0.290. The van der Waals surface area contributed by atoms with E-state index >= 15 is 0 Å². The molecule has 0 amide bonds. The van der Waals surface area contributed by atoms with Crippen LogP contribution in [-0.4, -0.2) is 5.78 Å². The molecular weight excluding hydrogens is 196 g/mol. The van der Waals surface area contributed by atoms with Gasteiger partial charge in [-0.1, -0.05) is 38.8 Å². The maximum absolute atomic E-state index is 11.7. The lowest BCUT2D eigenvalue weighted by Gasteiger charge is -2.30. The van der Waals surface area contributed by atoms with E-state index in [9.17, 15) is 4.79 Å². The summed E-state index contributed by atoms with van der Waals surface area (Å²) in [5.41, 5.74) is 2.93. The van der Waals surface area contributed by atoms with Gasteiger partial charge in [0.1, 0.15) is 0 Å². The van der Waals surface area contributed by atoms with Crippen LogP contribution in [0.5, 0.6) is 0 Å². The van der Waals surface area contributed by atoms with Gasteiger partial charge in [-0.25, -0.2) is 0 Å². The van der Waals surface area contributed by atoms with Crippen molar-refractivity contribution in [3.63, 3.8) is 0 Å². The summed E-state index contributed by atoms with van der Waals surface area (Å²) in [5, 5.41) is 0. The third-order valence-electron chi connectivity index (χ3n) is 2.99. The third-order valence-corrected chi connectivity index (χ3v) is 2.99. The Morgan fingerprint density at radius 1 is 1.44 bits per heavy atom. The van der Waals surface area contributed by atoms with Crippen molar-refractivity contribution in [1.82, 2.24) is 0 Å². The Balaban J connectivity index is 2.69. The molecule has 1 aliphatic rings. The summed E-state index contributed by atoms with van der Waals surface area (Å²) in [6.45, 7) is 8.82. The van der Waals surface area contributed by atoms with Gasteiger partial charge in [0.25, 0.3) is 0 Å². The number of hydrogen-bond donors (Lipinski definition) is 0. The average molecular weight is 220 g/mol. The lowest BCUT2D eigenvalue weighted by Crippen LogP contribution is -2.16. The molecule has 1 rings (SSSR count). The van der Waals surface area contributed by atoms with Gasteiger partial charge in [-0.05, 0) is 43.3 Å². The number of unbranched alkanes of at least 4 members (excludes halogenated alkanes) is 1. The summed E-state index contributed by atoms with van der Waals surface area (Å²) >= 11 is 0. The van der Waals surface area contributed by atoms with E-state index < -0.39 is 0 Å². The highest BCUT2D eigenvalue weighted by Crippen LogP contribution is 2.37. The quantitative estimate of drug-likeness (QED) is 0.640. The van der Waals surface area contributed by atoms with Crippen LogP contribution >= 0.6 is 0 Å². The molecule has 0 fully saturated rings. The highest BCUT2D eigenvalue weighted by Gasteiger charge is 2.23. The zero-order valence-corrected chi connectivity index (χ0v) is 11.1. The molecule has 1 nitrogen and oxygen atoms in total. The van der Waals surface area contributed by atoms with E-state index in [0.29, 0.717) is 17.6 Å². The number of allylic oxidation sites excluding steroid dienone is 4. The summed E-state index contributed by atoms with van der Waals surface area (Å²) < 4.78 is 0. The van der Waals surface area contributed by atoms with Gasteiger partial charge >= 0.3 is 0 Å². The molecule has 0 saturated heterocycles. The Kier molecular flexibility index (Phi) is 4.52. The SMILES string of the molecule is CCCCC(=O)/C=C1/C=C(C)CC(C)(C)C1. The van der Waals surface area contributed by atoms with Gasteiger partial charge in [0.15, 0.2) is 5.78 Å². The molecule has 0 saturated carbocycles. The molecule has 1 aliphatic carbocycles. The summed E-state index contributed by atoms with van der Waals surface area (Å²) in [7, 11) is 0. The van der Waals surface area contributed by atoms with Crippen LogP contribution in [0.1, 0.15) is 59.8 Å². The zero-order valence-electron chi connectivity index (χ0n) is 11.1. The zero-order chi connectivity index (χ0) is 12.2. The van der Waals surface area contributed by atoms with E-state index in [4.69, 9.17) is 0 Å². The van der Waals surface area contributed by atoms with Crippen molar-refractivity contribution in [3.05, 3.63) is 23.3 Å². The van der Waals surface area contributed by atoms with Crippen molar-refractivity contribution >= 4 is 5.78 Å². The molecule has 0 N–H and O–H groups in total. The Morgan fingerprint density at radius 2 is 2.12 bits per heavy atom. The first-order chi connectivity index (χ1) is 7.43. The lowest BCUT2D eigenvalue weighted by atomic mass is 9.75. The fraction of sp³-hybridized carbons (Fsp3) is 0.667. The largest absolute Gasteiger partial charge is 0.295 e. The number of carbonyl (C=O) groups is 1. The third kappa shape index (κ3) is 4.34. The standard InChI is InChI=1S/C15H24O/c1-5-6-7-14(16)9-13-8-12(2)10-15(3,4)11-13/h8-9H,5-7,10-11H2,1-4H3/b13-9-. The molecule has 0 aromatic heterocycles. The Hall–Kier alpha value is -0.850. The highest BCUT2D eigenvalue weighted by atomic mass is 16.1. The molecule has 16 heavy (non-hydrogen) atoms. The predicted octanol–water partition coefficient (Wildman–Crippen LogP) is 4.44. The molecule has 0 bridgehead atoms. The molecule has 0 atom stereocenters. The van der Waals surface area contributed by atoms with Crippen molar-refractivity contribution in [2.24, 2.45) is 5.41 Å². The van der Waals surface area contributed by atoms with Gasteiger partial charge in [-0.15, -0.1) is 0 Å². The van der Waals surface area contributed by atoms with E-state index in [2.05, 4.69) is 33.8 Å². The van der Waals surface area contributed by atoms with Gasteiger partial charge in [0.05, 0.1) is 0 Å². The highest BCUT2D eigenvalue weighted by molar-refractivity contribution is 5.90. The van der Waals surface area contributed by atoms with Gasteiger partial charge < -0.3 is 0 Å². The fourth-order valence-corrected chi connectivity index (χ4v) is 2.51. The number of ketones is 1. The molecule has 0 spiro atoms. The van der Waals surface area contributed by atoms with Crippen LogP contribution in [0.3, 0.4) is 0 Å². The molecule has 1 heteroatoms. The molecule has 0 aliphatic heterocycles. The molecule has 0 aromatic rings. The molecule has 90 valence electrons. The average Bonchev–Trinajstić information content (AvgIpc) is 2.11. The number of hydrogen-bond acceptors (Lipinski definition) is 1. The summed E-state index contributed by atoms with van der Waals surface area (Å²) in [6.07, 6.45) is 9.03. The number of carbonyl (C=O) groups excluding carboxylic acids is 1. The molecular formula is C15H24O. The minimum atomic E-state index is 0.290. The van der Waals surface area contributed by atoms with Crippen LogP contribution in [-0.2, 0) is 4.79 Å². The van der Waals surface area contributed by atoms with Crippen LogP contribution in [0, 0.1) is 5.41 Å². The van der Waals surface area contributed by atoms with Crippen LogP contribution in [0.15, 0.2) is 23.3 Å². The van der Waals surface area contributed by atoms with E-state index in [0.717, 1.165) is 25.7 Å². The maximum Gasteiger partial charge on any atom is 0.155 e. The second-order valence-corrected chi connectivity index (χ2v) is 5.80. The minimum Gasteiger partial charge on any atom is -0.295 e. The van der Waals surface area contributed by atoms with Gasteiger partial charge in [0.2, 0.25) is 0 Å². The molecule has 0 unspecified atom stereocenters. The van der Waals surface area contributed by atoms with Crippen molar-refractivity contribution in [2.75, 3.05) is 0 Å². The van der Waals surface area contributed by atoms with Gasteiger partial charge in [-0.2, -0.15) is 0 Å². The first-order valence-electron chi connectivity index (χ1n) is 6.33. The van der Waals surface area contributed by atoms with Crippen molar-refractivity contribution in [3.8, 4) is 0 Å². The first kappa shape index (κ1) is 13.2. The topological polar surface area (TPSA) is 17.1 Å². The van der Waals surface area contributed by atoms with E-state index in [1.807, 2.05) is 6.08 Å². The monoisotopic (exact) mass is 220 g/mol. The van der Waals surface area contributed by atoms with Crippen LogP contribution < -0.4 is 0 Å². The second-order valence-electron chi connectivity index (χ2n) is 5.80. The van der Waals surface area contributed by atoms with Crippen molar-refractivity contribution in [2.45, 2.75) is 59.8 Å². The van der Waals surface area contributed by atoms with E-state index in [-0.39, 0.29) is 0 Å². The van der Waals surface area contributed by atoms with Gasteiger partial charge in [0, 0.05) is 6.42 Å². The summed E-state index contributed by atoms with van der Waals surface area (Å²) in [6, 6.07) is 0. The Morgan fingerprint density at radius 3 is 2.69 bits per heavy atom. The fourth-order valence-electron chi connectivity index (χ4n) is 2.51. The van der Waals surface area contributed by atoms with E-state index in [1.54, 1.807) is 0 Å². The normalized spacial score (nSPS) is 22.0. The first-order valence-corrected chi connectivity index (χ1v) is 6.33. The molecule has 0 radical (unpaired) electrons. The maximum atomic E-state index is 11.7.